The average molecular weight is 339 g/mol. The smallest absolute Gasteiger partial charge is 0.258 e. The molecular formula is C19H21N3O3. The maximum Gasteiger partial charge on any atom is 0.258 e. The van der Waals surface area contributed by atoms with Crippen molar-refractivity contribution >= 4 is 16.8 Å². The lowest BCUT2D eigenvalue weighted by Crippen LogP contribution is -2.29. The molecular weight excluding hydrogens is 318 g/mol. The molecule has 1 N–H and O–H groups in total. The summed E-state index contributed by atoms with van der Waals surface area (Å²) in [7, 11) is 1.77. The number of amides is 1. The van der Waals surface area contributed by atoms with Gasteiger partial charge in [0.15, 0.2) is 0 Å². The predicted octanol–water partition coefficient (Wildman–Crippen LogP) is 3.06. The fourth-order valence-electron chi connectivity index (χ4n) is 2.77. The molecule has 6 heteroatoms. The number of nitrogens with zero attached hydrogens (tertiary/aromatic N) is 2. The number of aromatic nitrogens is 2. The molecule has 2 heterocycles. The molecule has 25 heavy (non-hydrogen) atoms. The van der Waals surface area contributed by atoms with Crippen LogP contribution >= 0.6 is 0 Å². The van der Waals surface area contributed by atoms with Crippen LogP contribution in [0.5, 0.6) is 0 Å². The van der Waals surface area contributed by atoms with Crippen LogP contribution in [0.15, 0.2) is 51.9 Å². The maximum absolute atomic E-state index is 12.3. The van der Waals surface area contributed by atoms with Gasteiger partial charge in [0.2, 0.25) is 5.91 Å². The Bertz CT molecular complexity index is 915. The number of para-hydroxylation sites is 1. The number of carbonyl (C=O) groups excluding carboxylic acids is 1. The summed E-state index contributed by atoms with van der Waals surface area (Å²) in [5, 5.41) is 0.578. The van der Waals surface area contributed by atoms with Gasteiger partial charge < -0.3 is 14.3 Å². The van der Waals surface area contributed by atoms with E-state index in [2.05, 4.69) is 9.97 Å². The van der Waals surface area contributed by atoms with Gasteiger partial charge in [0.1, 0.15) is 11.6 Å². The van der Waals surface area contributed by atoms with E-state index in [1.165, 1.54) is 0 Å². The summed E-state index contributed by atoms with van der Waals surface area (Å²) in [6.07, 6.45) is 3.16. The van der Waals surface area contributed by atoms with Gasteiger partial charge in [0.05, 0.1) is 23.2 Å². The SMILES string of the molecule is CC(c1ccco1)N(C)C(=O)CCCc1nc2ccccc2c(=O)[nH]1. The van der Waals surface area contributed by atoms with Crippen LogP contribution in [-0.2, 0) is 11.2 Å². The zero-order chi connectivity index (χ0) is 17.8. The minimum absolute atomic E-state index is 0.0343. The van der Waals surface area contributed by atoms with Crippen molar-refractivity contribution in [2.24, 2.45) is 0 Å². The molecule has 0 aliphatic carbocycles. The number of fused-ring (bicyclic) bond motifs is 1. The van der Waals surface area contributed by atoms with E-state index in [0.717, 1.165) is 5.76 Å². The fourth-order valence-corrected chi connectivity index (χ4v) is 2.77. The first-order chi connectivity index (χ1) is 12.1. The average Bonchev–Trinajstić information content (AvgIpc) is 3.15. The van der Waals surface area contributed by atoms with Crippen molar-refractivity contribution in [2.45, 2.75) is 32.2 Å². The quantitative estimate of drug-likeness (QED) is 0.748. The van der Waals surface area contributed by atoms with E-state index in [4.69, 9.17) is 4.42 Å². The van der Waals surface area contributed by atoms with Gasteiger partial charge in [-0.15, -0.1) is 0 Å². The second-order valence-corrected chi connectivity index (χ2v) is 6.08. The van der Waals surface area contributed by atoms with Gasteiger partial charge in [-0.05, 0) is 37.6 Å². The van der Waals surface area contributed by atoms with Crippen molar-refractivity contribution in [2.75, 3.05) is 7.05 Å². The lowest BCUT2D eigenvalue weighted by molar-refractivity contribution is -0.132. The first-order valence-corrected chi connectivity index (χ1v) is 8.33. The molecule has 0 radical (unpaired) electrons. The van der Waals surface area contributed by atoms with Crippen molar-refractivity contribution in [1.82, 2.24) is 14.9 Å². The highest BCUT2D eigenvalue weighted by Gasteiger charge is 2.19. The molecule has 0 aliphatic heterocycles. The maximum atomic E-state index is 12.3. The summed E-state index contributed by atoms with van der Waals surface area (Å²) < 4.78 is 5.35. The van der Waals surface area contributed by atoms with Crippen LogP contribution in [0.3, 0.4) is 0 Å². The summed E-state index contributed by atoms with van der Waals surface area (Å²) in [5.41, 5.74) is 0.534. The Morgan fingerprint density at radius 2 is 2.08 bits per heavy atom. The monoisotopic (exact) mass is 339 g/mol. The summed E-state index contributed by atoms with van der Waals surface area (Å²) in [4.78, 5) is 33.3. The van der Waals surface area contributed by atoms with E-state index in [-0.39, 0.29) is 17.5 Å². The van der Waals surface area contributed by atoms with E-state index in [1.807, 2.05) is 37.3 Å². The molecule has 0 fully saturated rings. The third-order valence-corrected chi connectivity index (χ3v) is 4.40. The Morgan fingerprint density at radius 1 is 1.28 bits per heavy atom. The minimum Gasteiger partial charge on any atom is -0.467 e. The van der Waals surface area contributed by atoms with Gasteiger partial charge in [-0.25, -0.2) is 4.98 Å². The number of benzene rings is 1. The lowest BCUT2D eigenvalue weighted by atomic mass is 10.1. The van der Waals surface area contributed by atoms with E-state index >= 15 is 0 Å². The highest BCUT2D eigenvalue weighted by molar-refractivity contribution is 5.77. The van der Waals surface area contributed by atoms with Crippen molar-refractivity contribution < 1.29 is 9.21 Å². The number of hydrogen-bond donors (Lipinski definition) is 1. The second-order valence-electron chi connectivity index (χ2n) is 6.08. The summed E-state index contributed by atoms with van der Waals surface area (Å²) in [6.45, 7) is 1.93. The normalized spacial score (nSPS) is 12.2. The Labute approximate surface area is 145 Å². The molecule has 1 atom stereocenters. The number of rotatable bonds is 6. The van der Waals surface area contributed by atoms with E-state index in [0.29, 0.717) is 36.0 Å². The highest BCUT2D eigenvalue weighted by atomic mass is 16.3. The van der Waals surface area contributed by atoms with Gasteiger partial charge in [-0.1, -0.05) is 12.1 Å². The third kappa shape index (κ3) is 3.79. The zero-order valence-corrected chi connectivity index (χ0v) is 14.4. The molecule has 2 aromatic heterocycles. The molecule has 130 valence electrons. The second kappa shape index (κ2) is 7.34. The molecule has 1 amide bonds. The van der Waals surface area contributed by atoms with Crippen LogP contribution in [0.1, 0.15) is 37.4 Å². The molecule has 6 nitrogen and oxygen atoms in total. The first-order valence-electron chi connectivity index (χ1n) is 8.33. The first kappa shape index (κ1) is 17.0. The summed E-state index contributed by atoms with van der Waals surface area (Å²) in [5.74, 6) is 1.40. The Morgan fingerprint density at radius 3 is 2.84 bits per heavy atom. The molecule has 0 saturated carbocycles. The van der Waals surface area contributed by atoms with Crippen LogP contribution in [0.4, 0.5) is 0 Å². The van der Waals surface area contributed by atoms with Crippen molar-refractivity contribution in [3.8, 4) is 0 Å². The third-order valence-electron chi connectivity index (χ3n) is 4.40. The standard InChI is InChI=1S/C19H21N3O3/c1-13(16-9-6-12-25-16)22(2)18(23)11-5-10-17-20-15-8-4-3-7-14(15)19(24)21-17/h3-4,6-9,12-13H,5,10-11H2,1-2H3,(H,20,21,24). The molecule has 3 rings (SSSR count). The number of H-pyrrole nitrogens is 1. The summed E-state index contributed by atoms with van der Waals surface area (Å²) >= 11 is 0. The van der Waals surface area contributed by atoms with E-state index in [9.17, 15) is 9.59 Å². The molecule has 3 aromatic rings. The molecule has 0 aliphatic rings. The molecule has 0 spiro atoms. The number of carbonyl (C=O) groups is 1. The Kier molecular flexibility index (Phi) is 4.97. The Balaban J connectivity index is 1.59. The van der Waals surface area contributed by atoms with Crippen molar-refractivity contribution in [1.29, 1.82) is 0 Å². The lowest BCUT2D eigenvalue weighted by Gasteiger charge is -2.23. The van der Waals surface area contributed by atoms with Crippen LogP contribution in [0.25, 0.3) is 10.9 Å². The predicted molar refractivity (Wildman–Crippen MR) is 95.2 cm³/mol. The molecule has 1 aromatic carbocycles. The fraction of sp³-hybridized carbons (Fsp3) is 0.316. The van der Waals surface area contributed by atoms with Crippen LogP contribution in [-0.4, -0.2) is 27.8 Å². The van der Waals surface area contributed by atoms with Gasteiger partial charge >= 0.3 is 0 Å². The number of hydrogen-bond acceptors (Lipinski definition) is 4. The highest BCUT2D eigenvalue weighted by Crippen LogP contribution is 2.20. The van der Waals surface area contributed by atoms with Crippen LogP contribution < -0.4 is 5.56 Å². The zero-order valence-electron chi connectivity index (χ0n) is 14.4. The minimum atomic E-state index is -0.143. The van der Waals surface area contributed by atoms with Crippen molar-refractivity contribution in [3.63, 3.8) is 0 Å². The Hall–Kier alpha value is -2.89. The molecule has 1 unspecified atom stereocenters. The molecule has 0 bridgehead atoms. The van der Waals surface area contributed by atoms with Gasteiger partial charge in [0, 0.05) is 19.9 Å². The number of aromatic amines is 1. The van der Waals surface area contributed by atoms with Crippen LogP contribution in [0, 0.1) is 0 Å². The van der Waals surface area contributed by atoms with Gasteiger partial charge in [-0.3, -0.25) is 9.59 Å². The largest absolute Gasteiger partial charge is 0.467 e. The van der Waals surface area contributed by atoms with E-state index in [1.54, 1.807) is 24.3 Å². The van der Waals surface area contributed by atoms with Crippen LogP contribution in [0.2, 0.25) is 0 Å². The topological polar surface area (TPSA) is 79.2 Å². The number of furan rings is 1. The van der Waals surface area contributed by atoms with Gasteiger partial charge in [-0.2, -0.15) is 0 Å². The number of nitrogens with one attached hydrogen (secondary N) is 1. The number of aryl methyl sites for hydroxylation is 1. The molecule has 0 saturated heterocycles. The van der Waals surface area contributed by atoms with Gasteiger partial charge in [0.25, 0.3) is 5.56 Å². The summed E-state index contributed by atoms with van der Waals surface area (Å²) in [6, 6.07) is 10.8. The van der Waals surface area contributed by atoms with E-state index < -0.39 is 0 Å². The van der Waals surface area contributed by atoms with Crippen molar-refractivity contribution in [3.05, 3.63) is 64.6 Å².